The molecule has 1 N–H and O–H groups in total. The molecule has 90 valence electrons. The van der Waals surface area contributed by atoms with Gasteiger partial charge in [0.2, 0.25) is 0 Å². The van der Waals surface area contributed by atoms with Crippen LogP contribution in [0.3, 0.4) is 0 Å². The van der Waals surface area contributed by atoms with Crippen LogP contribution < -0.4 is 5.32 Å². The van der Waals surface area contributed by atoms with Gasteiger partial charge in [-0.1, -0.05) is 26.0 Å². The van der Waals surface area contributed by atoms with E-state index in [9.17, 15) is 0 Å². The Labute approximate surface area is 100 Å². The third-order valence-corrected chi connectivity index (χ3v) is 3.11. The lowest BCUT2D eigenvalue weighted by Crippen LogP contribution is -2.29. The number of rotatable bonds is 0. The predicted octanol–water partition coefficient (Wildman–Crippen LogP) is 4.55. The van der Waals surface area contributed by atoms with E-state index in [2.05, 4.69) is 44.3 Å². The molecule has 0 aromatic heterocycles. The molecule has 1 aliphatic heterocycles. The second-order valence-electron chi connectivity index (χ2n) is 4.96. The monoisotopic (exact) mass is 219 g/mol. The minimum absolute atomic E-state index is 0.249. The van der Waals surface area contributed by atoms with E-state index in [-0.39, 0.29) is 5.54 Å². The molecule has 0 saturated heterocycles. The highest BCUT2D eigenvalue weighted by Crippen LogP contribution is 2.30. The smallest absolute Gasteiger partial charge is 0.0379 e. The van der Waals surface area contributed by atoms with Crippen molar-refractivity contribution in [1.82, 2.24) is 0 Å². The van der Waals surface area contributed by atoms with Crippen LogP contribution >= 0.6 is 0 Å². The number of aryl methyl sites for hydroxylation is 1. The average Bonchev–Trinajstić information content (AvgIpc) is 2.39. The van der Waals surface area contributed by atoms with Gasteiger partial charge in [0.25, 0.3) is 0 Å². The Morgan fingerprint density at radius 3 is 2.56 bits per heavy atom. The fourth-order valence-corrected chi connectivity index (χ4v) is 2.29. The standard InChI is InChI=1S/C13H19N.C2H6/c1-10-6-4-8-12-11(10)7-5-9-13(2,3)14-12;1-2/h4,6,8,14H,5,7,9H2,1-3H3;1-2H3. The van der Waals surface area contributed by atoms with E-state index in [1.165, 1.54) is 36.1 Å². The third kappa shape index (κ3) is 3.01. The molecule has 1 aromatic carbocycles. The molecule has 0 spiro atoms. The molecular weight excluding hydrogens is 194 g/mol. The van der Waals surface area contributed by atoms with E-state index in [0.29, 0.717) is 0 Å². The van der Waals surface area contributed by atoms with Gasteiger partial charge in [0.05, 0.1) is 0 Å². The van der Waals surface area contributed by atoms with Gasteiger partial charge in [0, 0.05) is 11.2 Å². The van der Waals surface area contributed by atoms with Gasteiger partial charge in [0.1, 0.15) is 0 Å². The van der Waals surface area contributed by atoms with Crippen molar-refractivity contribution in [2.45, 2.75) is 59.4 Å². The van der Waals surface area contributed by atoms with Crippen LogP contribution in [0, 0.1) is 6.92 Å². The van der Waals surface area contributed by atoms with Gasteiger partial charge >= 0.3 is 0 Å². The van der Waals surface area contributed by atoms with Crippen LogP contribution in [0.15, 0.2) is 18.2 Å². The molecule has 0 amide bonds. The number of hydrogen-bond donors (Lipinski definition) is 1. The van der Waals surface area contributed by atoms with E-state index in [4.69, 9.17) is 0 Å². The van der Waals surface area contributed by atoms with Crippen LogP contribution in [0.4, 0.5) is 5.69 Å². The van der Waals surface area contributed by atoms with E-state index in [1.54, 1.807) is 0 Å². The Balaban J connectivity index is 0.000000606. The quantitative estimate of drug-likeness (QED) is 0.675. The van der Waals surface area contributed by atoms with Crippen LogP contribution in [0.25, 0.3) is 0 Å². The number of nitrogens with one attached hydrogen (secondary N) is 1. The number of fused-ring (bicyclic) bond motifs is 1. The highest BCUT2D eigenvalue weighted by Gasteiger charge is 2.22. The fraction of sp³-hybridized carbons (Fsp3) is 0.600. The second-order valence-corrected chi connectivity index (χ2v) is 4.96. The van der Waals surface area contributed by atoms with Crippen molar-refractivity contribution in [3.05, 3.63) is 29.3 Å². The zero-order valence-corrected chi connectivity index (χ0v) is 11.4. The van der Waals surface area contributed by atoms with Crippen molar-refractivity contribution in [2.75, 3.05) is 5.32 Å². The van der Waals surface area contributed by atoms with Crippen LogP contribution in [-0.2, 0) is 6.42 Å². The van der Waals surface area contributed by atoms with Gasteiger partial charge in [-0.3, -0.25) is 0 Å². The van der Waals surface area contributed by atoms with Crippen LogP contribution in [0.5, 0.6) is 0 Å². The first-order chi connectivity index (χ1) is 7.58. The van der Waals surface area contributed by atoms with Crippen molar-refractivity contribution < 1.29 is 0 Å². The molecule has 0 atom stereocenters. The first-order valence-corrected chi connectivity index (χ1v) is 6.45. The Hall–Kier alpha value is -0.980. The topological polar surface area (TPSA) is 12.0 Å². The minimum Gasteiger partial charge on any atom is -0.380 e. The molecule has 1 heterocycles. The average molecular weight is 219 g/mol. The molecular formula is C15H25N. The first kappa shape index (κ1) is 13.1. The Kier molecular flexibility index (Phi) is 4.40. The molecule has 1 nitrogen and oxygen atoms in total. The maximum atomic E-state index is 3.64. The van der Waals surface area contributed by atoms with Gasteiger partial charge in [-0.25, -0.2) is 0 Å². The van der Waals surface area contributed by atoms with Crippen molar-refractivity contribution in [3.8, 4) is 0 Å². The SMILES string of the molecule is CC.Cc1cccc2c1CCCC(C)(C)N2. The molecule has 2 rings (SSSR count). The normalized spacial score (nSPS) is 17.3. The second kappa shape index (κ2) is 5.38. The van der Waals surface area contributed by atoms with E-state index in [1.807, 2.05) is 13.8 Å². The van der Waals surface area contributed by atoms with Gasteiger partial charge in [0.15, 0.2) is 0 Å². The Bertz CT molecular complexity index is 339. The largest absolute Gasteiger partial charge is 0.380 e. The molecule has 0 unspecified atom stereocenters. The molecule has 1 aliphatic rings. The summed E-state index contributed by atoms with van der Waals surface area (Å²) in [6, 6.07) is 6.55. The van der Waals surface area contributed by atoms with E-state index in [0.717, 1.165) is 0 Å². The Morgan fingerprint density at radius 2 is 1.88 bits per heavy atom. The molecule has 1 aromatic rings. The van der Waals surface area contributed by atoms with Gasteiger partial charge in [-0.15, -0.1) is 0 Å². The predicted molar refractivity (Wildman–Crippen MR) is 73.2 cm³/mol. The summed E-state index contributed by atoms with van der Waals surface area (Å²) >= 11 is 0. The molecule has 0 bridgehead atoms. The van der Waals surface area contributed by atoms with Crippen molar-refractivity contribution in [1.29, 1.82) is 0 Å². The lowest BCUT2D eigenvalue weighted by molar-refractivity contribution is 0.508. The summed E-state index contributed by atoms with van der Waals surface area (Å²) in [5.41, 5.74) is 4.53. The lowest BCUT2D eigenvalue weighted by Gasteiger charge is -2.25. The highest BCUT2D eigenvalue weighted by atomic mass is 15.0. The van der Waals surface area contributed by atoms with Crippen LogP contribution in [0.2, 0.25) is 0 Å². The fourth-order valence-electron chi connectivity index (χ4n) is 2.29. The molecule has 0 radical (unpaired) electrons. The first-order valence-electron chi connectivity index (χ1n) is 6.45. The summed E-state index contributed by atoms with van der Waals surface area (Å²) in [4.78, 5) is 0. The molecule has 0 saturated carbocycles. The third-order valence-electron chi connectivity index (χ3n) is 3.11. The van der Waals surface area contributed by atoms with Gasteiger partial charge in [-0.05, 0) is 57.2 Å². The summed E-state index contributed by atoms with van der Waals surface area (Å²) in [7, 11) is 0. The lowest BCUT2D eigenvalue weighted by atomic mass is 9.98. The summed E-state index contributed by atoms with van der Waals surface area (Å²) in [5, 5.41) is 3.64. The summed E-state index contributed by atoms with van der Waals surface area (Å²) in [6.45, 7) is 10.8. The maximum Gasteiger partial charge on any atom is 0.0379 e. The minimum atomic E-state index is 0.249. The highest BCUT2D eigenvalue weighted by molar-refractivity contribution is 5.56. The number of benzene rings is 1. The summed E-state index contributed by atoms with van der Waals surface area (Å²) in [5.74, 6) is 0. The summed E-state index contributed by atoms with van der Waals surface area (Å²) < 4.78 is 0. The molecule has 16 heavy (non-hydrogen) atoms. The van der Waals surface area contributed by atoms with Crippen LogP contribution in [0.1, 0.15) is 51.7 Å². The van der Waals surface area contributed by atoms with Crippen molar-refractivity contribution in [2.24, 2.45) is 0 Å². The van der Waals surface area contributed by atoms with Crippen molar-refractivity contribution >= 4 is 5.69 Å². The molecule has 0 aliphatic carbocycles. The van der Waals surface area contributed by atoms with E-state index >= 15 is 0 Å². The van der Waals surface area contributed by atoms with Crippen LogP contribution in [-0.4, -0.2) is 5.54 Å². The van der Waals surface area contributed by atoms with E-state index < -0.39 is 0 Å². The molecule has 0 fully saturated rings. The van der Waals surface area contributed by atoms with Gasteiger partial charge < -0.3 is 5.32 Å². The zero-order chi connectivity index (χ0) is 12.2. The maximum absolute atomic E-state index is 3.64. The molecule has 1 heteroatoms. The number of hydrogen-bond acceptors (Lipinski definition) is 1. The van der Waals surface area contributed by atoms with Crippen molar-refractivity contribution in [3.63, 3.8) is 0 Å². The zero-order valence-electron chi connectivity index (χ0n) is 11.4. The van der Waals surface area contributed by atoms with Gasteiger partial charge in [-0.2, -0.15) is 0 Å². The number of anilines is 1. The summed E-state index contributed by atoms with van der Waals surface area (Å²) in [6.07, 6.45) is 3.76. The Morgan fingerprint density at radius 1 is 1.19 bits per heavy atom.